The Hall–Kier alpha value is -2.28. The molecule has 1 heterocycles. The number of nitrogens with two attached hydrogens (primary N) is 1. The molecule has 0 radical (unpaired) electrons. The first kappa shape index (κ1) is 19.8. The van der Waals surface area contributed by atoms with Gasteiger partial charge in [0.1, 0.15) is 11.4 Å². The Morgan fingerprint density at radius 1 is 1.38 bits per heavy atom. The van der Waals surface area contributed by atoms with Crippen LogP contribution in [0.1, 0.15) is 33.3 Å². The van der Waals surface area contributed by atoms with Crippen molar-refractivity contribution in [3.05, 3.63) is 17.7 Å². The van der Waals surface area contributed by atoms with Crippen molar-refractivity contribution >= 4 is 23.3 Å². The van der Waals surface area contributed by atoms with Gasteiger partial charge in [-0.2, -0.15) is 0 Å². The van der Waals surface area contributed by atoms with Gasteiger partial charge in [-0.25, -0.2) is 0 Å². The predicted molar refractivity (Wildman–Crippen MR) is 92.1 cm³/mol. The molecule has 1 aromatic carbocycles. The highest BCUT2D eigenvalue weighted by Gasteiger charge is 2.34. The molecule has 1 aliphatic heterocycles. The average molecular weight is 338 g/mol. The van der Waals surface area contributed by atoms with E-state index in [9.17, 15) is 14.7 Å². The summed E-state index contributed by atoms with van der Waals surface area (Å²) in [5.41, 5.74) is 6.74. The average Bonchev–Trinajstić information content (AvgIpc) is 2.87. The van der Waals surface area contributed by atoms with Crippen molar-refractivity contribution in [3.63, 3.8) is 0 Å². The Morgan fingerprint density at radius 3 is 2.42 bits per heavy atom. The number of methoxy groups -OCH3 is 1. The Labute approximate surface area is 142 Å². The molecule has 7 nitrogen and oxygen atoms in total. The standard InChI is InChI=1S/C13H18N2O3.C4H8O2/c1-13(2,17)12(16)15-5-4-8-6-11(18-3)9(14)7-10(8)15;1-3-6-4(2)5/h6-7,17H,4-5,14H2,1-3H3;3H2,1-2H3. The zero-order chi connectivity index (χ0) is 18.5. The summed E-state index contributed by atoms with van der Waals surface area (Å²) in [5.74, 6) is 0.0922. The molecule has 0 aliphatic carbocycles. The maximum absolute atomic E-state index is 12.1. The quantitative estimate of drug-likeness (QED) is 0.640. The van der Waals surface area contributed by atoms with E-state index in [0.29, 0.717) is 24.6 Å². The van der Waals surface area contributed by atoms with Gasteiger partial charge in [-0.05, 0) is 44.9 Å². The number of ether oxygens (including phenoxy) is 2. The molecule has 1 aliphatic rings. The number of fused-ring (bicyclic) bond motifs is 1. The Morgan fingerprint density at radius 2 is 2.00 bits per heavy atom. The summed E-state index contributed by atoms with van der Waals surface area (Å²) in [7, 11) is 1.56. The summed E-state index contributed by atoms with van der Waals surface area (Å²) in [6.45, 7) is 7.19. The lowest BCUT2D eigenvalue weighted by Gasteiger charge is -2.25. The molecule has 2 rings (SSSR count). The van der Waals surface area contributed by atoms with Gasteiger partial charge in [-0.1, -0.05) is 0 Å². The number of amides is 1. The highest BCUT2D eigenvalue weighted by molar-refractivity contribution is 6.01. The number of rotatable bonds is 3. The summed E-state index contributed by atoms with van der Waals surface area (Å²) < 4.78 is 9.56. The number of nitrogen functional groups attached to an aromatic ring is 1. The first-order valence-electron chi connectivity index (χ1n) is 7.75. The van der Waals surface area contributed by atoms with E-state index in [4.69, 9.17) is 10.5 Å². The highest BCUT2D eigenvalue weighted by atomic mass is 16.5. The molecule has 1 amide bonds. The van der Waals surface area contributed by atoms with Crippen molar-refractivity contribution in [3.8, 4) is 5.75 Å². The van der Waals surface area contributed by atoms with Gasteiger partial charge in [0, 0.05) is 19.2 Å². The molecule has 0 unspecified atom stereocenters. The number of carbonyl (C=O) groups excluding carboxylic acids is 2. The second kappa shape index (κ2) is 8.01. The summed E-state index contributed by atoms with van der Waals surface area (Å²) in [4.78, 5) is 23.5. The van der Waals surface area contributed by atoms with Crippen LogP contribution in [0.15, 0.2) is 12.1 Å². The number of nitrogens with zero attached hydrogens (tertiary/aromatic N) is 1. The van der Waals surface area contributed by atoms with Gasteiger partial charge < -0.3 is 25.2 Å². The first-order chi connectivity index (χ1) is 11.1. The SMILES string of the molecule is CCOC(C)=O.COc1cc2c(cc1N)N(C(=O)C(C)(C)O)CC2. The minimum atomic E-state index is -1.38. The van der Waals surface area contributed by atoms with Crippen LogP contribution in [0.3, 0.4) is 0 Å². The summed E-state index contributed by atoms with van der Waals surface area (Å²) in [6.07, 6.45) is 0.744. The molecular formula is C17H26N2O5. The van der Waals surface area contributed by atoms with E-state index in [1.807, 2.05) is 6.07 Å². The fourth-order valence-corrected chi connectivity index (χ4v) is 2.35. The van der Waals surface area contributed by atoms with Crippen LogP contribution in [-0.4, -0.2) is 42.8 Å². The van der Waals surface area contributed by atoms with Crippen LogP contribution in [0.5, 0.6) is 5.75 Å². The molecule has 0 fully saturated rings. The maximum atomic E-state index is 12.1. The van der Waals surface area contributed by atoms with Crippen molar-refractivity contribution < 1.29 is 24.2 Å². The van der Waals surface area contributed by atoms with Crippen LogP contribution in [-0.2, 0) is 20.7 Å². The molecule has 0 atom stereocenters. The number of benzene rings is 1. The normalized spacial score (nSPS) is 12.8. The Kier molecular flexibility index (Phi) is 6.60. The topological polar surface area (TPSA) is 102 Å². The largest absolute Gasteiger partial charge is 0.495 e. The van der Waals surface area contributed by atoms with Crippen molar-refractivity contribution in [1.29, 1.82) is 0 Å². The lowest BCUT2D eigenvalue weighted by Crippen LogP contribution is -2.44. The van der Waals surface area contributed by atoms with Crippen LogP contribution in [0, 0.1) is 0 Å². The summed E-state index contributed by atoms with van der Waals surface area (Å²) >= 11 is 0. The van der Waals surface area contributed by atoms with Crippen LogP contribution in [0.4, 0.5) is 11.4 Å². The van der Waals surface area contributed by atoms with Crippen LogP contribution < -0.4 is 15.4 Å². The third kappa shape index (κ3) is 4.86. The van der Waals surface area contributed by atoms with Crippen molar-refractivity contribution in [2.75, 3.05) is 30.9 Å². The third-order valence-electron chi connectivity index (χ3n) is 3.44. The Bertz CT molecular complexity index is 608. The second-order valence-corrected chi connectivity index (χ2v) is 5.91. The number of aliphatic hydroxyl groups is 1. The van der Waals surface area contributed by atoms with Crippen LogP contribution >= 0.6 is 0 Å². The van der Waals surface area contributed by atoms with Gasteiger partial charge in [0.05, 0.1) is 19.4 Å². The zero-order valence-corrected chi connectivity index (χ0v) is 14.9. The zero-order valence-electron chi connectivity index (χ0n) is 14.9. The van der Waals surface area contributed by atoms with E-state index in [2.05, 4.69) is 4.74 Å². The molecular weight excluding hydrogens is 312 g/mol. The van der Waals surface area contributed by atoms with Gasteiger partial charge in [0.2, 0.25) is 0 Å². The van der Waals surface area contributed by atoms with E-state index >= 15 is 0 Å². The molecule has 3 N–H and O–H groups in total. The van der Waals surface area contributed by atoms with E-state index in [-0.39, 0.29) is 11.9 Å². The number of hydrogen-bond donors (Lipinski definition) is 2. The second-order valence-electron chi connectivity index (χ2n) is 5.91. The molecule has 134 valence electrons. The number of hydrogen-bond acceptors (Lipinski definition) is 6. The van der Waals surface area contributed by atoms with Crippen molar-refractivity contribution in [2.45, 2.75) is 39.7 Å². The maximum Gasteiger partial charge on any atom is 0.302 e. The molecule has 0 saturated carbocycles. The minimum absolute atomic E-state index is 0.211. The van der Waals surface area contributed by atoms with Crippen molar-refractivity contribution in [2.24, 2.45) is 0 Å². The summed E-state index contributed by atoms with van der Waals surface area (Å²) in [5, 5.41) is 9.80. The van der Waals surface area contributed by atoms with Gasteiger partial charge >= 0.3 is 5.97 Å². The number of anilines is 2. The minimum Gasteiger partial charge on any atom is -0.495 e. The molecule has 24 heavy (non-hydrogen) atoms. The Balaban J connectivity index is 0.000000413. The summed E-state index contributed by atoms with van der Waals surface area (Å²) in [6, 6.07) is 3.58. The third-order valence-corrected chi connectivity index (χ3v) is 3.44. The monoisotopic (exact) mass is 338 g/mol. The molecule has 1 aromatic rings. The smallest absolute Gasteiger partial charge is 0.302 e. The van der Waals surface area contributed by atoms with Crippen molar-refractivity contribution in [1.82, 2.24) is 0 Å². The van der Waals surface area contributed by atoms with E-state index in [1.54, 1.807) is 25.0 Å². The molecule has 0 bridgehead atoms. The molecule has 0 saturated heterocycles. The van der Waals surface area contributed by atoms with E-state index in [1.165, 1.54) is 20.8 Å². The van der Waals surface area contributed by atoms with Crippen LogP contribution in [0.2, 0.25) is 0 Å². The fourth-order valence-electron chi connectivity index (χ4n) is 2.35. The first-order valence-corrected chi connectivity index (χ1v) is 7.75. The van der Waals surface area contributed by atoms with Gasteiger partial charge in [-0.15, -0.1) is 0 Å². The van der Waals surface area contributed by atoms with Crippen LogP contribution in [0.25, 0.3) is 0 Å². The van der Waals surface area contributed by atoms with Gasteiger partial charge in [0.15, 0.2) is 0 Å². The molecule has 7 heteroatoms. The predicted octanol–water partition coefficient (Wildman–Crippen LogP) is 1.51. The lowest BCUT2D eigenvalue weighted by molar-refractivity contribution is -0.140. The van der Waals surface area contributed by atoms with E-state index in [0.717, 1.165) is 17.7 Å². The highest BCUT2D eigenvalue weighted by Crippen LogP contribution is 2.36. The molecule has 0 aromatic heterocycles. The van der Waals surface area contributed by atoms with Gasteiger partial charge in [-0.3, -0.25) is 9.59 Å². The molecule has 0 spiro atoms. The lowest BCUT2D eigenvalue weighted by atomic mass is 10.1. The fraction of sp³-hybridized carbons (Fsp3) is 0.529. The van der Waals surface area contributed by atoms with Gasteiger partial charge in [0.25, 0.3) is 5.91 Å². The number of esters is 1. The van der Waals surface area contributed by atoms with E-state index < -0.39 is 5.60 Å². The number of carbonyl (C=O) groups is 2.